The molecule has 0 aromatic heterocycles. The molecular weight excluding hydrogens is 246 g/mol. The summed E-state index contributed by atoms with van der Waals surface area (Å²) in [6.45, 7) is 4.94. The molecule has 0 amide bonds. The minimum Gasteiger partial charge on any atom is -0.290 e. The molecule has 1 aromatic rings. The highest BCUT2D eigenvalue weighted by molar-refractivity contribution is 5.19. The van der Waals surface area contributed by atoms with Crippen LogP contribution in [-0.4, -0.2) is 17.1 Å². The number of allylic oxidation sites excluding steroid dienone is 1. The molecule has 0 aliphatic carbocycles. The van der Waals surface area contributed by atoms with E-state index in [1.165, 1.54) is 37.7 Å². The molecule has 108 valence electrons. The summed E-state index contributed by atoms with van der Waals surface area (Å²) in [6, 6.07) is 10.7. The fourth-order valence-corrected chi connectivity index (χ4v) is 3.75. The zero-order valence-electron chi connectivity index (χ0n) is 12.3. The standard InChI is InChI=1S/C18H25NO/c1-2-3-7-12-18-13-8-9-14-19(18)20-17(15-18)16-10-5-4-6-11-16/h2,4-6,10-11,17H,1,3,7-9,12-15H2/t17-,18+/m1/s1. The quantitative estimate of drug-likeness (QED) is 0.571. The van der Waals surface area contributed by atoms with E-state index in [2.05, 4.69) is 42.0 Å². The zero-order chi connectivity index (χ0) is 13.8. The van der Waals surface area contributed by atoms with Crippen LogP contribution in [0.2, 0.25) is 0 Å². The second kappa shape index (κ2) is 6.11. The summed E-state index contributed by atoms with van der Waals surface area (Å²) >= 11 is 0. The number of piperidine rings is 1. The summed E-state index contributed by atoms with van der Waals surface area (Å²) < 4.78 is 0. The van der Waals surface area contributed by atoms with Gasteiger partial charge in [-0.1, -0.05) is 42.8 Å². The Hall–Kier alpha value is -1.12. The maximum absolute atomic E-state index is 6.29. The minimum absolute atomic E-state index is 0.248. The van der Waals surface area contributed by atoms with Crippen molar-refractivity contribution in [1.82, 2.24) is 5.06 Å². The van der Waals surface area contributed by atoms with E-state index in [0.717, 1.165) is 19.4 Å². The van der Waals surface area contributed by atoms with Gasteiger partial charge in [-0.25, -0.2) is 0 Å². The Labute approximate surface area is 122 Å². The highest BCUT2D eigenvalue weighted by atomic mass is 16.7. The fraction of sp³-hybridized carbons (Fsp3) is 0.556. The number of fused-ring (bicyclic) bond motifs is 1. The number of unbranched alkanes of at least 4 members (excludes halogenated alkanes) is 1. The number of hydroxylamine groups is 2. The molecule has 0 unspecified atom stereocenters. The molecule has 0 N–H and O–H groups in total. The zero-order valence-corrected chi connectivity index (χ0v) is 12.3. The van der Waals surface area contributed by atoms with Crippen LogP contribution in [0.4, 0.5) is 0 Å². The van der Waals surface area contributed by atoms with E-state index < -0.39 is 0 Å². The highest BCUT2D eigenvalue weighted by Crippen LogP contribution is 2.47. The highest BCUT2D eigenvalue weighted by Gasteiger charge is 2.47. The van der Waals surface area contributed by atoms with Gasteiger partial charge in [0, 0.05) is 18.5 Å². The Morgan fingerprint density at radius 2 is 2.15 bits per heavy atom. The summed E-state index contributed by atoms with van der Waals surface area (Å²) in [5.41, 5.74) is 1.60. The second-order valence-corrected chi connectivity index (χ2v) is 6.17. The fourth-order valence-electron chi connectivity index (χ4n) is 3.75. The van der Waals surface area contributed by atoms with Crippen LogP contribution < -0.4 is 0 Å². The smallest absolute Gasteiger partial charge is 0.106 e. The summed E-state index contributed by atoms with van der Waals surface area (Å²) in [5, 5.41) is 2.32. The predicted molar refractivity (Wildman–Crippen MR) is 82.2 cm³/mol. The molecule has 0 bridgehead atoms. The van der Waals surface area contributed by atoms with E-state index in [1.54, 1.807) is 0 Å². The number of rotatable bonds is 5. The van der Waals surface area contributed by atoms with E-state index in [9.17, 15) is 0 Å². The van der Waals surface area contributed by atoms with Gasteiger partial charge in [-0.3, -0.25) is 4.84 Å². The Kier molecular flexibility index (Phi) is 4.23. The molecule has 2 atom stereocenters. The van der Waals surface area contributed by atoms with E-state index in [1.807, 2.05) is 6.08 Å². The van der Waals surface area contributed by atoms with Gasteiger partial charge in [0.05, 0.1) is 0 Å². The van der Waals surface area contributed by atoms with E-state index in [0.29, 0.717) is 0 Å². The first-order chi connectivity index (χ1) is 9.84. The molecule has 2 fully saturated rings. The van der Waals surface area contributed by atoms with Gasteiger partial charge in [-0.2, -0.15) is 5.06 Å². The molecule has 2 nitrogen and oxygen atoms in total. The molecule has 0 radical (unpaired) electrons. The van der Waals surface area contributed by atoms with E-state index in [4.69, 9.17) is 4.84 Å². The topological polar surface area (TPSA) is 12.5 Å². The van der Waals surface area contributed by atoms with Crippen molar-refractivity contribution >= 4 is 0 Å². The number of hydrogen-bond acceptors (Lipinski definition) is 2. The Morgan fingerprint density at radius 1 is 1.30 bits per heavy atom. The van der Waals surface area contributed by atoms with Crippen molar-refractivity contribution in [3.8, 4) is 0 Å². The van der Waals surface area contributed by atoms with Gasteiger partial charge < -0.3 is 0 Å². The van der Waals surface area contributed by atoms with Crippen LogP contribution in [0, 0.1) is 0 Å². The van der Waals surface area contributed by atoms with E-state index >= 15 is 0 Å². The molecule has 2 aliphatic rings. The van der Waals surface area contributed by atoms with Crippen molar-refractivity contribution < 1.29 is 4.84 Å². The maximum atomic E-state index is 6.29. The minimum atomic E-state index is 0.248. The normalized spacial score (nSPS) is 30.1. The lowest BCUT2D eigenvalue weighted by Crippen LogP contribution is -2.46. The molecule has 0 spiro atoms. The first-order valence-electron chi connectivity index (χ1n) is 7.94. The summed E-state index contributed by atoms with van der Waals surface area (Å²) in [6.07, 6.45) is 10.9. The Bertz CT molecular complexity index is 444. The van der Waals surface area contributed by atoms with Crippen molar-refractivity contribution in [2.24, 2.45) is 0 Å². The van der Waals surface area contributed by atoms with Crippen LogP contribution in [0.25, 0.3) is 0 Å². The SMILES string of the molecule is C=CCCC[C@@]12CCCCN1O[C@@H](c1ccccc1)C2. The van der Waals surface area contributed by atoms with Crippen molar-refractivity contribution in [3.63, 3.8) is 0 Å². The van der Waals surface area contributed by atoms with Crippen LogP contribution in [0.3, 0.4) is 0 Å². The first-order valence-corrected chi connectivity index (χ1v) is 7.94. The molecule has 0 saturated carbocycles. The van der Waals surface area contributed by atoms with Gasteiger partial charge in [0.25, 0.3) is 0 Å². The van der Waals surface area contributed by atoms with Crippen molar-refractivity contribution in [1.29, 1.82) is 0 Å². The third-order valence-corrected chi connectivity index (χ3v) is 4.82. The summed E-state index contributed by atoms with van der Waals surface area (Å²) in [4.78, 5) is 6.29. The average molecular weight is 271 g/mol. The Balaban J connectivity index is 1.75. The molecule has 1 aromatic carbocycles. The summed E-state index contributed by atoms with van der Waals surface area (Å²) in [5.74, 6) is 0. The summed E-state index contributed by atoms with van der Waals surface area (Å²) in [7, 11) is 0. The van der Waals surface area contributed by atoms with Crippen LogP contribution >= 0.6 is 0 Å². The molecule has 2 saturated heterocycles. The molecule has 20 heavy (non-hydrogen) atoms. The van der Waals surface area contributed by atoms with Gasteiger partial charge in [-0.05, 0) is 37.7 Å². The lowest BCUT2D eigenvalue weighted by Gasteiger charge is -2.40. The molecule has 2 heteroatoms. The molecule has 2 heterocycles. The molecule has 2 aliphatic heterocycles. The average Bonchev–Trinajstić information content (AvgIpc) is 2.88. The molecular formula is C18H25NO. The molecule has 3 rings (SSSR count). The van der Waals surface area contributed by atoms with Crippen LogP contribution in [0.1, 0.15) is 56.6 Å². The van der Waals surface area contributed by atoms with Crippen molar-refractivity contribution in [2.75, 3.05) is 6.54 Å². The first kappa shape index (κ1) is 13.8. The second-order valence-electron chi connectivity index (χ2n) is 6.17. The number of benzene rings is 1. The number of hydrogen-bond donors (Lipinski definition) is 0. The maximum Gasteiger partial charge on any atom is 0.106 e. The number of nitrogens with zero attached hydrogens (tertiary/aromatic N) is 1. The van der Waals surface area contributed by atoms with Crippen LogP contribution in [0.15, 0.2) is 43.0 Å². The largest absolute Gasteiger partial charge is 0.290 e. The van der Waals surface area contributed by atoms with Gasteiger partial charge >= 0.3 is 0 Å². The third-order valence-electron chi connectivity index (χ3n) is 4.82. The third kappa shape index (κ3) is 2.68. The van der Waals surface area contributed by atoms with Gasteiger partial charge in [0.2, 0.25) is 0 Å². The van der Waals surface area contributed by atoms with Gasteiger partial charge in [0.1, 0.15) is 6.10 Å². The van der Waals surface area contributed by atoms with Crippen LogP contribution in [-0.2, 0) is 4.84 Å². The predicted octanol–water partition coefficient (Wildman–Crippen LogP) is 4.64. The monoisotopic (exact) mass is 271 g/mol. The van der Waals surface area contributed by atoms with Crippen molar-refractivity contribution in [2.45, 2.75) is 56.6 Å². The lowest BCUT2D eigenvalue weighted by molar-refractivity contribution is -0.202. The van der Waals surface area contributed by atoms with E-state index in [-0.39, 0.29) is 11.6 Å². The lowest BCUT2D eigenvalue weighted by atomic mass is 9.79. The van der Waals surface area contributed by atoms with Gasteiger partial charge in [0.15, 0.2) is 0 Å². The van der Waals surface area contributed by atoms with Crippen LogP contribution in [0.5, 0.6) is 0 Å². The van der Waals surface area contributed by atoms with Crippen molar-refractivity contribution in [3.05, 3.63) is 48.6 Å². The van der Waals surface area contributed by atoms with Gasteiger partial charge in [-0.15, -0.1) is 6.58 Å². The Morgan fingerprint density at radius 3 is 2.95 bits per heavy atom.